The summed E-state index contributed by atoms with van der Waals surface area (Å²) in [5, 5.41) is 15.2. The Kier molecular flexibility index (Phi) is 7.28. The average molecular weight is 453 g/mol. The fourth-order valence-electron chi connectivity index (χ4n) is 3.35. The molecule has 1 heterocycles. The van der Waals surface area contributed by atoms with E-state index in [-0.39, 0.29) is 27.8 Å². The number of carbonyl (C=O) groups excluding carboxylic acids is 3. The van der Waals surface area contributed by atoms with Crippen molar-refractivity contribution in [3.63, 3.8) is 0 Å². The van der Waals surface area contributed by atoms with Gasteiger partial charge in [-0.05, 0) is 30.7 Å². The number of nitriles is 1. The number of carbonyl (C=O) groups is 3. The van der Waals surface area contributed by atoms with E-state index in [0.717, 1.165) is 24.4 Å². The van der Waals surface area contributed by atoms with Gasteiger partial charge in [-0.2, -0.15) is 5.26 Å². The van der Waals surface area contributed by atoms with Crippen LogP contribution in [0, 0.1) is 30.0 Å². The van der Waals surface area contributed by atoms with Crippen molar-refractivity contribution in [2.45, 2.75) is 12.8 Å². The summed E-state index contributed by atoms with van der Waals surface area (Å²) in [5.74, 6) is -5.34. The van der Waals surface area contributed by atoms with Gasteiger partial charge in [0.15, 0.2) is 0 Å². The van der Waals surface area contributed by atoms with E-state index in [1.165, 1.54) is 18.2 Å². The summed E-state index contributed by atoms with van der Waals surface area (Å²) in [6.07, 6.45) is 0. The fourth-order valence-corrected chi connectivity index (χ4v) is 4.20. The molecule has 0 aromatic heterocycles. The number of nitrogens with one attached hydrogen (secondary N) is 2. The van der Waals surface area contributed by atoms with Crippen LogP contribution >= 0.6 is 11.8 Å². The van der Waals surface area contributed by atoms with Gasteiger partial charge in [0.1, 0.15) is 11.7 Å². The molecule has 0 aliphatic carbocycles. The first-order valence-corrected chi connectivity index (χ1v) is 10.6. The van der Waals surface area contributed by atoms with Gasteiger partial charge in [-0.25, -0.2) is 4.39 Å². The lowest BCUT2D eigenvalue weighted by atomic mass is 9.78. The van der Waals surface area contributed by atoms with E-state index in [4.69, 9.17) is 4.74 Å². The van der Waals surface area contributed by atoms with Gasteiger partial charge in [0.2, 0.25) is 11.8 Å². The largest absolute Gasteiger partial charge is 0.468 e. The quantitative estimate of drug-likeness (QED) is 0.514. The highest BCUT2D eigenvalue weighted by Crippen LogP contribution is 2.41. The zero-order valence-corrected chi connectivity index (χ0v) is 18.2. The molecule has 2 unspecified atom stereocenters. The van der Waals surface area contributed by atoms with Crippen molar-refractivity contribution >= 4 is 35.2 Å². The number of nitrogens with zero attached hydrogens (tertiary/aromatic N) is 1. The summed E-state index contributed by atoms with van der Waals surface area (Å²) in [6.45, 7) is 1.93. The number of aryl methyl sites for hydroxylation is 1. The lowest BCUT2D eigenvalue weighted by Gasteiger charge is -2.31. The number of thioether (sulfide) groups is 1. The van der Waals surface area contributed by atoms with E-state index in [1.807, 2.05) is 25.1 Å². The van der Waals surface area contributed by atoms with Crippen LogP contribution in [0.15, 0.2) is 59.1 Å². The van der Waals surface area contributed by atoms with Crippen molar-refractivity contribution in [1.82, 2.24) is 5.32 Å². The molecule has 0 spiro atoms. The zero-order chi connectivity index (χ0) is 23.3. The molecule has 2 N–H and O–H groups in total. The van der Waals surface area contributed by atoms with E-state index >= 15 is 0 Å². The third-order valence-electron chi connectivity index (χ3n) is 4.91. The minimum absolute atomic E-state index is 0.0155. The number of halogens is 1. The first kappa shape index (κ1) is 23.0. The highest BCUT2D eigenvalue weighted by Gasteiger charge is 2.45. The Morgan fingerprint density at radius 1 is 1.22 bits per heavy atom. The third-order valence-corrected chi connectivity index (χ3v) is 5.92. The van der Waals surface area contributed by atoms with Crippen LogP contribution in [0.4, 0.5) is 10.1 Å². The molecular formula is C23H20FN3O4S. The molecule has 164 valence electrons. The number of esters is 1. The highest BCUT2D eigenvalue weighted by molar-refractivity contribution is 8.03. The Morgan fingerprint density at radius 2 is 1.91 bits per heavy atom. The molecule has 1 aliphatic heterocycles. The van der Waals surface area contributed by atoms with E-state index in [2.05, 4.69) is 10.6 Å². The minimum Gasteiger partial charge on any atom is -0.468 e. The van der Waals surface area contributed by atoms with Gasteiger partial charge in [-0.3, -0.25) is 14.4 Å². The highest BCUT2D eigenvalue weighted by atomic mass is 32.2. The molecule has 7 nitrogen and oxygen atoms in total. The molecule has 3 rings (SSSR count). The number of allylic oxidation sites excluding steroid dienone is 1. The Morgan fingerprint density at radius 3 is 2.53 bits per heavy atom. The molecular weight excluding hydrogens is 433 g/mol. The molecule has 9 heteroatoms. The smallest absolute Gasteiger partial charge is 0.319 e. The number of rotatable bonds is 6. The van der Waals surface area contributed by atoms with E-state index in [1.54, 1.807) is 18.2 Å². The molecule has 0 fully saturated rings. The van der Waals surface area contributed by atoms with Crippen LogP contribution in [0.2, 0.25) is 0 Å². The summed E-state index contributed by atoms with van der Waals surface area (Å²) in [5.41, 5.74) is 1.67. The Hall–Kier alpha value is -3.64. The van der Waals surface area contributed by atoms with Crippen LogP contribution < -0.4 is 10.6 Å². The Bertz CT molecular complexity index is 1120. The molecule has 0 saturated carbocycles. The second kappa shape index (κ2) is 10.1. The van der Waals surface area contributed by atoms with Crippen molar-refractivity contribution < 1.29 is 23.5 Å². The average Bonchev–Trinajstić information content (AvgIpc) is 2.78. The maximum atomic E-state index is 14.6. The maximum absolute atomic E-state index is 14.6. The molecule has 0 bridgehead atoms. The number of hydrogen-bond donors (Lipinski definition) is 2. The summed E-state index contributed by atoms with van der Waals surface area (Å²) in [7, 11) is 1.11. The van der Waals surface area contributed by atoms with Gasteiger partial charge >= 0.3 is 5.97 Å². The van der Waals surface area contributed by atoms with Crippen LogP contribution in [0.25, 0.3) is 0 Å². The molecule has 2 aromatic rings. The molecule has 0 saturated heterocycles. The van der Waals surface area contributed by atoms with Crippen molar-refractivity contribution in [2.75, 3.05) is 18.2 Å². The second-order valence-electron chi connectivity index (χ2n) is 7.05. The number of hydrogen-bond acceptors (Lipinski definition) is 6. The van der Waals surface area contributed by atoms with Crippen molar-refractivity contribution in [2.24, 2.45) is 5.92 Å². The monoisotopic (exact) mass is 453 g/mol. The predicted molar refractivity (Wildman–Crippen MR) is 118 cm³/mol. The molecule has 32 heavy (non-hydrogen) atoms. The van der Waals surface area contributed by atoms with Gasteiger partial charge in [0.05, 0.1) is 29.5 Å². The Balaban J connectivity index is 1.89. The number of methoxy groups -OCH3 is 1. The number of anilines is 1. The molecule has 2 atom stereocenters. The summed E-state index contributed by atoms with van der Waals surface area (Å²) < 4.78 is 19.3. The maximum Gasteiger partial charge on any atom is 0.319 e. The van der Waals surface area contributed by atoms with Gasteiger partial charge in [-0.1, -0.05) is 47.7 Å². The van der Waals surface area contributed by atoms with Crippen LogP contribution in [0.3, 0.4) is 0 Å². The van der Waals surface area contributed by atoms with Gasteiger partial charge < -0.3 is 15.4 Å². The molecule has 2 amide bonds. The van der Waals surface area contributed by atoms with Crippen molar-refractivity contribution in [3.05, 3.63) is 76.1 Å². The summed E-state index contributed by atoms with van der Waals surface area (Å²) >= 11 is 0.929. The lowest BCUT2D eigenvalue weighted by molar-refractivity contribution is -0.150. The van der Waals surface area contributed by atoms with E-state index in [9.17, 15) is 24.0 Å². The fraction of sp³-hybridized carbons (Fsp3) is 0.217. The van der Waals surface area contributed by atoms with Gasteiger partial charge in [0.25, 0.3) is 0 Å². The van der Waals surface area contributed by atoms with E-state index < -0.39 is 29.5 Å². The number of benzene rings is 2. The third kappa shape index (κ3) is 4.98. The zero-order valence-electron chi connectivity index (χ0n) is 17.3. The van der Waals surface area contributed by atoms with Gasteiger partial charge in [-0.15, -0.1) is 0 Å². The summed E-state index contributed by atoms with van der Waals surface area (Å²) in [4.78, 5) is 37.4. The predicted octanol–water partition coefficient (Wildman–Crippen LogP) is 3.24. The second-order valence-corrected chi connectivity index (χ2v) is 8.03. The van der Waals surface area contributed by atoms with Crippen LogP contribution in [-0.2, 0) is 19.1 Å². The standard InChI is InChI=1S/C23H20FN3O4S/c1-13-7-9-14(10-8-13)26-18(28)12-32-22-16(11-25)19(15-5-3-4-6-17(15)24)20(21(29)27-22)23(30)31-2/h3-10,19-20H,12H2,1-2H3,(H,26,28)(H,27,29). The number of amides is 2. The SMILES string of the molecule is COC(=O)C1C(=O)NC(SCC(=O)Nc2ccc(C)cc2)=C(C#N)C1c1ccccc1F. The van der Waals surface area contributed by atoms with E-state index in [0.29, 0.717) is 5.69 Å². The topological polar surface area (TPSA) is 108 Å². The van der Waals surface area contributed by atoms with Crippen molar-refractivity contribution in [3.8, 4) is 6.07 Å². The van der Waals surface area contributed by atoms with Crippen molar-refractivity contribution in [1.29, 1.82) is 5.26 Å². The normalized spacial score (nSPS) is 17.9. The molecule has 1 aliphatic rings. The summed E-state index contributed by atoms with van der Waals surface area (Å²) in [6, 6.07) is 14.8. The van der Waals surface area contributed by atoms with Crippen LogP contribution in [0.5, 0.6) is 0 Å². The molecule has 0 radical (unpaired) electrons. The first-order valence-electron chi connectivity index (χ1n) is 9.62. The van der Waals surface area contributed by atoms with Crippen LogP contribution in [-0.4, -0.2) is 30.6 Å². The first-order chi connectivity index (χ1) is 15.3. The molecule has 2 aromatic carbocycles. The van der Waals surface area contributed by atoms with Gasteiger partial charge in [0, 0.05) is 11.6 Å². The Labute approximate surface area is 188 Å². The lowest BCUT2D eigenvalue weighted by Crippen LogP contribution is -2.44. The minimum atomic E-state index is -1.43. The number of ether oxygens (including phenoxy) is 1. The van der Waals surface area contributed by atoms with Crippen LogP contribution in [0.1, 0.15) is 17.0 Å².